The number of rotatable bonds is 3. The summed E-state index contributed by atoms with van der Waals surface area (Å²) in [5, 5.41) is 0. The van der Waals surface area contributed by atoms with Gasteiger partial charge in [0.1, 0.15) is 0 Å². The van der Waals surface area contributed by atoms with Crippen molar-refractivity contribution in [3.05, 3.63) is 12.2 Å². The van der Waals surface area contributed by atoms with Crippen LogP contribution in [0, 0.1) is 23.7 Å². The third-order valence-corrected chi connectivity index (χ3v) is 4.76. The second kappa shape index (κ2) is 4.15. The van der Waals surface area contributed by atoms with Crippen molar-refractivity contribution in [2.75, 3.05) is 0 Å². The number of allylic oxidation sites excluding steroid dienone is 2. The molecule has 0 N–H and O–H groups in total. The molecule has 2 fully saturated rings. The second-order valence-electron chi connectivity index (χ2n) is 5.96. The highest BCUT2D eigenvalue weighted by atomic mass is 19.4. The van der Waals surface area contributed by atoms with Crippen LogP contribution in [0.15, 0.2) is 12.2 Å². The molecule has 5 atom stereocenters. The van der Waals surface area contributed by atoms with Gasteiger partial charge in [-0.1, -0.05) is 12.2 Å². The Morgan fingerprint density at radius 1 is 0.826 bits per heavy atom. The summed E-state index contributed by atoms with van der Waals surface area (Å²) >= 11 is 0. The van der Waals surface area contributed by atoms with Crippen molar-refractivity contribution in [3.8, 4) is 0 Å². The van der Waals surface area contributed by atoms with E-state index >= 15 is 0 Å². The van der Waals surface area contributed by atoms with Crippen LogP contribution in [-0.4, -0.2) is 30.0 Å². The molecule has 0 heterocycles. The van der Waals surface area contributed by atoms with Gasteiger partial charge in [0.2, 0.25) is 0 Å². The molecule has 0 unspecified atom stereocenters. The van der Waals surface area contributed by atoms with Gasteiger partial charge in [-0.2, -0.15) is 39.5 Å². The Kier molecular flexibility index (Phi) is 3.04. The van der Waals surface area contributed by atoms with Gasteiger partial charge in [-0.3, -0.25) is 4.74 Å². The first-order valence-corrected chi connectivity index (χ1v) is 6.44. The highest BCUT2D eigenvalue weighted by Gasteiger charge is 2.87. The molecule has 23 heavy (non-hydrogen) atoms. The molecule has 0 aromatic carbocycles. The van der Waals surface area contributed by atoms with Crippen molar-refractivity contribution in [2.24, 2.45) is 23.7 Å². The van der Waals surface area contributed by atoms with Crippen LogP contribution >= 0.6 is 0 Å². The van der Waals surface area contributed by atoms with Gasteiger partial charge in [0, 0.05) is 11.8 Å². The molecule has 1 nitrogen and oxygen atoms in total. The van der Waals surface area contributed by atoms with Gasteiger partial charge < -0.3 is 0 Å². The molecule has 0 aromatic heterocycles. The Balaban J connectivity index is 1.92. The van der Waals surface area contributed by atoms with Gasteiger partial charge in [0.25, 0.3) is 5.85 Å². The molecule has 2 saturated carbocycles. The Hall–Kier alpha value is -1.00. The monoisotopic (exact) mass is 358 g/mol. The number of hydrogen-bond acceptors (Lipinski definition) is 1. The van der Waals surface area contributed by atoms with Crippen molar-refractivity contribution in [1.29, 1.82) is 0 Å². The molecule has 0 saturated heterocycles. The minimum atomic E-state index is -6.81. The SMILES string of the molecule is FC(F)(F)C(F)(F)C(F)(F)O[C@]1(F)[C@@H]2[C@@H]([C@H]3C=C[C@H]2C3)C1(F)F. The zero-order valence-electron chi connectivity index (χ0n) is 10.9. The highest BCUT2D eigenvalue weighted by Crippen LogP contribution is 2.72. The molecule has 3 rings (SSSR count). The zero-order chi connectivity index (χ0) is 17.6. The van der Waals surface area contributed by atoms with Crippen LogP contribution in [-0.2, 0) is 4.74 Å². The van der Waals surface area contributed by atoms with Crippen LogP contribution in [0.5, 0.6) is 0 Å². The summed E-state index contributed by atoms with van der Waals surface area (Å²) in [7, 11) is 0. The van der Waals surface area contributed by atoms with E-state index in [2.05, 4.69) is 4.74 Å². The van der Waals surface area contributed by atoms with Crippen LogP contribution in [0.4, 0.5) is 43.9 Å². The maximum atomic E-state index is 14.3. The van der Waals surface area contributed by atoms with Gasteiger partial charge in [0.05, 0.1) is 0 Å². The van der Waals surface area contributed by atoms with E-state index in [1.807, 2.05) is 0 Å². The molecular formula is C12H8F10O. The second-order valence-corrected chi connectivity index (χ2v) is 5.96. The zero-order valence-corrected chi connectivity index (χ0v) is 10.9. The first-order chi connectivity index (χ1) is 10.2. The van der Waals surface area contributed by atoms with Crippen molar-refractivity contribution in [2.45, 2.75) is 36.4 Å². The number of fused-ring (bicyclic) bond motifs is 5. The van der Waals surface area contributed by atoms with E-state index in [1.165, 1.54) is 12.2 Å². The number of alkyl halides is 10. The van der Waals surface area contributed by atoms with Gasteiger partial charge >= 0.3 is 24.1 Å². The fourth-order valence-corrected chi connectivity index (χ4v) is 3.73. The summed E-state index contributed by atoms with van der Waals surface area (Å²) in [4.78, 5) is 0. The normalized spacial score (nSPS) is 41.8. The summed E-state index contributed by atoms with van der Waals surface area (Å²) in [6.07, 6.45) is -10.7. The van der Waals surface area contributed by atoms with Crippen molar-refractivity contribution in [3.63, 3.8) is 0 Å². The predicted molar refractivity (Wildman–Crippen MR) is 53.5 cm³/mol. The van der Waals surface area contributed by atoms with Gasteiger partial charge in [0.15, 0.2) is 0 Å². The summed E-state index contributed by atoms with van der Waals surface area (Å²) < 4.78 is 133. The molecule has 0 amide bonds. The number of halogens is 10. The van der Waals surface area contributed by atoms with E-state index < -0.39 is 53.7 Å². The van der Waals surface area contributed by atoms with Gasteiger partial charge in [-0.15, -0.1) is 0 Å². The topological polar surface area (TPSA) is 9.23 Å². The Labute approximate surface area is 122 Å². The molecule has 0 radical (unpaired) electrons. The number of ether oxygens (including phenoxy) is 1. The van der Waals surface area contributed by atoms with Crippen LogP contribution in [0.25, 0.3) is 0 Å². The lowest BCUT2D eigenvalue weighted by Gasteiger charge is -2.56. The Morgan fingerprint density at radius 3 is 1.78 bits per heavy atom. The third-order valence-electron chi connectivity index (χ3n) is 4.76. The summed E-state index contributed by atoms with van der Waals surface area (Å²) in [6.45, 7) is 0. The average Bonchev–Trinajstić information content (AvgIpc) is 2.95. The van der Waals surface area contributed by atoms with E-state index in [0.717, 1.165) is 0 Å². The van der Waals surface area contributed by atoms with E-state index in [-0.39, 0.29) is 6.42 Å². The van der Waals surface area contributed by atoms with Crippen LogP contribution in [0.2, 0.25) is 0 Å². The first kappa shape index (κ1) is 16.8. The Morgan fingerprint density at radius 2 is 1.30 bits per heavy atom. The molecule has 132 valence electrons. The van der Waals surface area contributed by atoms with Crippen molar-refractivity contribution < 1.29 is 48.6 Å². The molecule has 0 spiro atoms. The van der Waals surface area contributed by atoms with E-state index in [9.17, 15) is 43.9 Å². The maximum absolute atomic E-state index is 14.3. The predicted octanol–water partition coefficient (Wildman–Crippen LogP) is 4.55. The smallest absolute Gasteiger partial charge is 0.271 e. The molecule has 3 aliphatic rings. The van der Waals surface area contributed by atoms with E-state index in [0.29, 0.717) is 0 Å². The first-order valence-electron chi connectivity index (χ1n) is 6.44. The average molecular weight is 358 g/mol. The Bertz CT molecular complexity index is 553. The molecule has 11 heteroatoms. The number of hydrogen-bond donors (Lipinski definition) is 0. The minimum absolute atomic E-state index is 0.0127. The highest BCUT2D eigenvalue weighted by molar-refractivity contribution is 5.28. The lowest BCUT2D eigenvalue weighted by Crippen LogP contribution is -2.74. The van der Waals surface area contributed by atoms with E-state index in [4.69, 9.17) is 0 Å². The fourth-order valence-electron chi connectivity index (χ4n) is 3.73. The lowest BCUT2D eigenvalue weighted by atomic mass is 9.60. The molecule has 0 aliphatic heterocycles. The van der Waals surface area contributed by atoms with Crippen LogP contribution in [0.1, 0.15) is 6.42 Å². The summed E-state index contributed by atoms with van der Waals surface area (Å²) in [5.74, 6) is -21.4. The quantitative estimate of drug-likeness (QED) is 0.532. The molecular weight excluding hydrogens is 350 g/mol. The standard InChI is InChI=1S/C12H8F10O/c13-8(14)6-4-1-2-5(3-4)7(6)9(8,15)23-12(21,22)10(16,17)11(18,19)20/h1-2,4-7H,3H2/t4-,5-,6+,7-,9+/m0/s1. The van der Waals surface area contributed by atoms with Crippen molar-refractivity contribution in [1.82, 2.24) is 0 Å². The van der Waals surface area contributed by atoms with Crippen LogP contribution in [0.3, 0.4) is 0 Å². The molecule has 3 aliphatic carbocycles. The summed E-state index contributed by atoms with van der Waals surface area (Å²) in [5.41, 5.74) is 0. The van der Waals surface area contributed by atoms with Gasteiger partial charge in [-0.05, 0) is 18.3 Å². The van der Waals surface area contributed by atoms with Crippen LogP contribution < -0.4 is 0 Å². The maximum Gasteiger partial charge on any atom is 0.462 e. The fraction of sp³-hybridized carbons (Fsp3) is 0.833. The van der Waals surface area contributed by atoms with Gasteiger partial charge in [-0.25, -0.2) is 4.39 Å². The molecule has 2 bridgehead atoms. The van der Waals surface area contributed by atoms with E-state index in [1.54, 1.807) is 0 Å². The minimum Gasteiger partial charge on any atom is -0.271 e. The molecule has 0 aromatic rings. The largest absolute Gasteiger partial charge is 0.462 e. The third kappa shape index (κ3) is 1.79. The summed E-state index contributed by atoms with van der Waals surface area (Å²) in [6, 6.07) is 0. The lowest BCUT2D eigenvalue weighted by molar-refractivity contribution is -0.511. The van der Waals surface area contributed by atoms with Crippen molar-refractivity contribution >= 4 is 0 Å².